The molecule has 0 saturated heterocycles. The predicted molar refractivity (Wildman–Crippen MR) is 164 cm³/mol. The summed E-state index contributed by atoms with van der Waals surface area (Å²) in [6, 6.07) is 7.17. The van der Waals surface area contributed by atoms with Crippen molar-refractivity contribution < 1.29 is 44.3 Å². The van der Waals surface area contributed by atoms with Crippen LogP contribution < -0.4 is 14.3 Å². The highest BCUT2D eigenvalue weighted by Crippen LogP contribution is 2.36. The van der Waals surface area contributed by atoms with Crippen LogP contribution in [0.25, 0.3) is 0 Å². The van der Waals surface area contributed by atoms with Crippen molar-refractivity contribution in [3.8, 4) is 0 Å². The third-order valence-electron chi connectivity index (χ3n) is 5.60. The number of sulfonamides is 2. The highest BCUT2D eigenvalue weighted by Gasteiger charge is 2.40. The van der Waals surface area contributed by atoms with Gasteiger partial charge in [-0.25, -0.2) is 34.8 Å². The number of nitrogens with one attached hydrogen (secondary N) is 2. The number of rotatable bonds is 8. The number of hydrogen-bond acceptors (Lipinski definition) is 7. The summed E-state index contributed by atoms with van der Waals surface area (Å²) in [6.45, 7) is 7.47. The van der Waals surface area contributed by atoms with Crippen LogP contribution in [0.2, 0.25) is 0 Å². The summed E-state index contributed by atoms with van der Waals surface area (Å²) in [4.78, 5) is 23.5. The molecule has 3 aromatic carbocycles. The molecule has 0 heterocycles. The second-order valence-corrected chi connectivity index (χ2v) is 16.2. The molecule has 10 nitrogen and oxygen atoms in total. The van der Waals surface area contributed by atoms with Gasteiger partial charge < -0.3 is 15.4 Å². The Bertz CT molecular complexity index is 1770. The smallest absolute Gasteiger partial charge is 0.408 e. The fourth-order valence-electron chi connectivity index (χ4n) is 3.49. The van der Waals surface area contributed by atoms with E-state index in [-0.39, 0.29) is 18.3 Å². The molecule has 2 amide bonds. The number of amides is 2. The Balaban J connectivity index is 2.16. The topological polar surface area (TPSA) is 139 Å². The van der Waals surface area contributed by atoms with Crippen LogP contribution in [0.5, 0.6) is 0 Å². The lowest BCUT2D eigenvalue weighted by molar-refractivity contribution is -0.121. The van der Waals surface area contributed by atoms with Gasteiger partial charge in [-0.1, -0.05) is 0 Å². The maximum absolute atomic E-state index is 15.4. The predicted octanol–water partition coefficient (Wildman–Crippen LogP) is 6.45. The maximum atomic E-state index is 15.4. The number of carbonyl (C=O) groups excluding carboxylic acids is 2. The average Bonchev–Trinajstić information content (AvgIpc) is 2.87. The number of anilines is 2. The first-order valence-corrected chi connectivity index (χ1v) is 16.9. The lowest BCUT2D eigenvalue weighted by Gasteiger charge is -2.28. The molecular weight excluding hydrogens is 759 g/mol. The molecule has 0 unspecified atom stereocenters. The summed E-state index contributed by atoms with van der Waals surface area (Å²) >= 11 is 5.75. The van der Waals surface area contributed by atoms with Crippen LogP contribution in [0, 0.1) is 17.5 Å². The van der Waals surface area contributed by atoms with Gasteiger partial charge in [0.15, 0.2) is 0 Å². The Morgan fingerprint density at radius 2 is 1.23 bits per heavy atom. The zero-order valence-corrected chi connectivity index (χ0v) is 28.5. The van der Waals surface area contributed by atoms with E-state index in [1.807, 2.05) is 0 Å². The van der Waals surface area contributed by atoms with Crippen molar-refractivity contribution in [3.05, 3.63) is 81.0 Å². The Hall–Kier alpha value is -3.15. The molecule has 0 aliphatic heterocycles. The molecule has 0 aliphatic carbocycles. The normalized spacial score (nSPS) is 12.4. The molecule has 17 heteroatoms. The van der Waals surface area contributed by atoms with Gasteiger partial charge in [-0.05, 0) is 121 Å². The summed E-state index contributed by atoms with van der Waals surface area (Å²) in [5, 5.41) is 4.73. The third-order valence-corrected chi connectivity index (χ3v) is 11.0. The molecule has 3 aromatic rings. The van der Waals surface area contributed by atoms with Crippen molar-refractivity contribution in [2.45, 2.75) is 55.5 Å². The first-order valence-electron chi connectivity index (χ1n) is 12.4. The Kier molecular flexibility index (Phi) is 10.2. The quantitative estimate of drug-likeness (QED) is 0.268. The molecule has 0 fully saturated rings. The van der Waals surface area contributed by atoms with Crippen molar-refractivity contribution in [2.75, 3.05) is 9.03 Å². The minimum Gasteiger partial charge on any atom is -0.444 e. The zero-order valence-electron chi connectivity index (χ0n) is 23.7. The maximum Gasteiger partial charge on any atom is 0.408 e. The Labute approximate surface area is 269 Å². The summed E-state index contributed by atoms with van der Waals surface area (Å²) in [5.41, 5.74) is -3.89. The number of halogens is 5. The van der Waals surface area contributed by atoms with Crippen molar-refractivity contribution in [1.29, 1.82) is 0 Å². The molecule has 2 N–H and O–H groups in total. The van der Waals surface area contributed by atoms with Gasteiger partial charge in [0.25, 0.3) is 20.0 Å². The molecule has 0 spiro atoms. The number of hydrogen-bond donors (Lipinski definition) is 2. The van der Waals surface area contributed by atoms with Gasteiger partial charge >= 0.3 is 6.09 Å². The Morgan fingerprint density at radius 3 is 1.66 bits per heavy atom. The van der Waals surface area contributed by atoms with E-state index in [9.17, 15) is 35.2 Å². The highest BCUT2D eigenvalue weighted by atomic mass is 79.9. The molecule has 0 aromatic heterocycles. The van der Waals surface area contributed by atoms with Crippen molar-refractivity contribution in [2.24, 2.45) is 0 Å². The molecule has 0 radical (unpaired) electrons. The van der Waals surface area contributed by atoms with E-state index < -0.39 is 76.1 Å². The minimum absolute atomic E-state index is 0.140. The zero-order chi connectivity index (χ0) is 33.4. The van der Waals surface area contributed by atoms with E-state index in [0.717, 1.165) is 30.3 Å². The molecule has 0 bridgehead atoms. The van der Waals surface area contributed by atoms with E-state index in [4.69, 9.17) is 4.74 Å². The van der Waals surface area contributed by atoms with Crippen molar-refractivity contribution in [3.63, 3.8) is 0 Å². The third kappa shape index (κ3) is 7.92. The van der Waals surface area contributed by atoms with Crippen LogP contribution in [-0.2, 0) is 29.6 Å². The van der Waals surface area contributed by atoms with E-state index >= 15 is 4.39 Å². The molecule has 44 heavy (non-hydrogen) atoms. The number of ether oxygens (including phenoxy) is 1. The second kappa shape index (κ2) is 12.7. The lowest BCUT2D eigenvalue weighted by atomic mass is 10.0. The molecule has 238 valence electrons. The van der Waals surface area contributed by atoms with Crippen molar-refractivity contribution >= 4 is 75.3 Å². The van der Waals surface area contributed by atoms with Crippen LogP contribution >= 0.6 is 31.9 Å². The van der Waals surface area contributed by atoms with Gasteiger partial charge in [-0.3, -0.25) is 4.79 Å². The SMILES string of the molecule is CC(C)(C)OC(=O)NC(C)(C)C(=O)Nc1ccc(F)c(N(S(=O)(=O)c2ccc(Br)c(F)c2)S(=O)(=O)c2ccc(Br)c(F)c2)c1. The standard InChI is InChI=1S/C27H26Br2F3N3O7S2/c1-26(2,3)42-25(37)34-27(4,5)24(36)33-15-6-11-20(30)23(12-15)35(43(38,39)16-7-9-18(28)21(31)13-16)44(40,41)17-8-10-19(29)22(32)14-17/h6-14H,1-5H3,(H,33,36)(H,34,37). The van der Waals surface area contributed by atoms with Crippen LogP contribution in [0.1, 0.15) is 34.6 Å². The van der Waals surface area contributed by atoms with Crippen molar-refractivity contribution in [1.82, 2.24) is 5.32 Å². The van der Waals surface area contributed by atoms with Crippen LogP contribution in [0.3, 0.4) is 0 Å². The highest BCUT2D eigenvalue weighted by molar-refractivity contribution is 9.10. The monoisotopic (exact) mass is 783 g/mol. The molecule has 0 saturated carbocycles. The second-order valence-electron chi connectivity index (χ2n) is 10.7. The average molecular weight is 785 g/mol. The van der Waals surface area contributed by atoms with E-state index in [2.05, 4.69) is 42.5 Å². The van der Waals surface area contributed by atoms with Crippen LogP contribution in [0.15, 0.2) is 73.3 Å². The van der Waals surface area contributed by atoms with Gasteiger partial charge in [0.1, 0.15) is 34.3 Å². The summed E-state index contributed by atoms with van der Waals surface area (Å²) in [6.07, 6.45) is -0.927. The number of alkyl carbamates (subject to hydrolysis) is 1. The first kappa shape index (κ1) is 35.3. The Morgan fingerprint density at radius 1 is 0.750 bits per heavy atom. The van der Waals surface area contributed by atoms with Gasteiger partial charge in [0.2, 0.25) is 5.91 Å². The molecule has 0 aliphatic rings. The molecular formula is C27H26Br2F3N3O7S2. The summed E-state index contributed by atoms with van der Waals surface area (Å²) in [7, 11) is -10.7. The van der Waals surface area contributed by atoms with E-state index in [1.54, 1.807) is 20.8 Å². The summed E-state index contributed by atoms with van der Waals surface area (Å²) in [5.74, 6) is -4.39. The van der Waals surface area contributed by atoms with Crippen LogP contribution in [-0.4, -0.2) is 40.0 Å². The molecule has 0 atom stereocenters. The minimum atomic E-state index is -5.33. The fraction of sp³-hybridized carbons (Fsp3) is 0.259. The van der Waals surface area contributed by atoms with E-state index in [0.29, 0.717) is 24.3 Å². The van der Waals surface area contributed by atoms with Gasteiger partial charge in [0, 0.05) is 5.69 Å². The molecule has 3 rings (SSSR count). The first-order chi connectivity index (χ1) is 20.1. The summed E-state index contributed by atoms with van der Waals surface area (Å²) < 4.78 is 104. The van der Waals surface area contributed by atoms with Gasteiger partial charge in [-0.15, -0.1) is 0 Å². The number of nitrogens with zero attached hydrogens (tertiary/aromatic N) is 1. The number of benzene rings is 3. The van der Waals surface area contributed by atoms with Crippen LogP contribution in [0.4, 0.5) is 29.3 Å². The largest absolute Gasteiger partial charge is 0.444 e. The van der Waals surface area contributed by atoms with Gasteiger partial charge in [-0.2, -0.15) is 3.71 Å². The van der Waals surface area contributed by atoms with E-state index in [1.165, 1.54) is 13.8 Å². The fourth-order valence-corrected chi connectivity index (χ4v) is 7.70. The lowest BCUT2D eigenvalue weighted by Crippen LogP contribution is -2.53. The number of carbonyl (C=O) groups is 2. The van der Waals surface area contributed by atoms with Gasteiger partial charge in [0.05, 0.1) is 18.7 Å².